The highest BCUT2D eigenvalue weighted by Crippen LogP contribution is 2.34. The number of fused-ring (bicyclic) bond motifs is 1. The van der Waals surface area contributed by atoms with Crippen LogP contribution in [0.25, 0.3) is 0 Å². The van der Waals surface area contributed by atoms with Crippen LogP contribution in [0.4, 0.5) is 13.2 Å². The molecule has 21 heavy (non-hydrogen) atoms. The van der Waals surface area contributed by atoms with Gasteiger partial charge in [-0.2, -0.15) is 13.2 Å². The standard InChI is InChI=1S/C15H17F3N2O/c16-15(17,18)14(21)20-9-12-6-7-19(13(12)10-20)8-11-4-2-1-3-5-11/h1-5,12-13H,6-10H2/t12-,13-/m1/s1. The normalized spacial score (nSPS) is 26.1. The van der Waals surface area contributed by atoms with E-state index in [1.807, 2.05) is 30.3 Å². The molecule has 0 bridgehead atoms. The Morgan fingerprint density at radius 2 is 1.90 bits per heavy atom. The zero-order valence-electron chi connectivity index (χ0n) is 11.5. The fourth-order valence-corrected chi connectivity index (χ4v) is 3.41. The summed E-state index contributed by atoms with van der Waals surface area (Å²) >= 11 is 0. The molecule has 0 radical (unpaired) electrons. The molecule has 3 nitrogen and oxygen atoms in total. The molecular weight excluding hydrogens is 281 g/mol. The lowest BCUT2D eigenvalue weighted by Gasteiger charge is -2.25. The molecule has 0 aliphatic carbocycles. The van der Waals surface area contributed by atoms with E-state index in [9.17, 15) is 18.0 Å². The van der Waals surface area contributed by atoms with Gasteiger partial charge in [-0.1, -0.05) is 30.3 Å². The van der Waals surface area contributed by atoms with Crippen LogP contribution < -0.4 is 0 Å². The number of carbonyl (C=O) groups is 1. The first-order valence-corrected chi connectivity index (χ1v) is 7.09. The number of benzene rings is 1. The van der Waals surface area contributed by atoms with E-state index in [1.165, 1.54) is 0 Å². The molecular formula is C15H17F3N2O. The number of nitrogens with zero attached hydrogens (tertiary/aromatic N) is 2. The van der Waals surface area contributed by atoms with Crippen LogP contribution in [0.1, 0.15) is 12.0 Å². The van der Waals surface area contributed by atoms with Gasteiger partial charge in [0.05, 0.1) is 0 Å². The Morgan fingerprint density at radius 1 is 1.19 bits per heavy atom. The lowest BCUT2D eigenvalue weighted by Crippen LogP contribution is -2.42. The number of amides is 1. The maximum Gasteiger partial charge on any atom is 0.471 e. The van der Waals surface area contributed by atoms with Crippen molar-refractivity contribution >= 4 is 5.91 Å². The van der Waals surface area contributed by atoms with Gasteiger partial charge < -0.3 is 4.90 Å². The van der Waals surface area contributed by atoms with Crippen molar-refractivity contribution in [2.75, 3.05) is 19.6 Å². The largest absolute Gasteiger partial charge is 0.471 e. The van der Waals surface area contributed by atoms with Gasteiger partial charge in [0, 0.05) is 25.7 Å². The van der Waals surface area contributed by atoms with Crippen molar-refractivity contribution in [2.24, 2.45) is 5.92 Å². The van der Waals surface area contributed by atoms with Gasteiger partial charge in [-0.3, -0.25) is 9.69 Å². The van der Waals surface area contributed by atoms with Gasteiger partial charge >= 0.3 is 12.1 Å². The van der Waals surface area contributed by atoms with E-state index >= 15 is 0 Å². The van der Waals surface area contributed by atoms with Crippen LogP contribution in [0, 0.1) is 5.92 Å². The minimum atomic E-state index is -4.76. The van der Waals surface area contributed by atoms with Crippen LogP contribution in [0.15, 0.2) is 30.3 Å². The number of rotatable bonds is 2. The molecule has 2 atom stereocenters. The summed E-state index contributed by atoms with van der Waals surface area (Å²) in [4.78, 5) is 14.5. The van der Waals surface area contributed by atoms with Crippen LogP contribution in [0.3, 0.4) is 0 Å². The third-order valence-electron chi connectivity index (χ3n) is 4.42. The Labute approximate surface area is 121 Å². The second-order valence-corrected chi connectivity index (χ2v) is 5.78. The summed E-state index contributed by atoms with van der Waals surface area (Å²) in [7, 11) is 0. The summed E-state index contributed by atoms with van der Waals surface area (Å²) < 4.78 is 37.5. The molecule has 1 aromatic carbocycles. The number of halogens is 3. The monoisotopic (exact) mass is 298 g/mol. The van der Waals surface area contributed by atoms with Crippen LogP contribution >= 0.6 is 0 Å². The second kappa shape index (κ2) is 5.33. The highest BCUT2D eigenvalue weighted by atomic mass is 19.4. The van der Waals surface area contributed by atoms with E-state index in [0.717, 1.165) is 30.0 Å². The number of likely N-dealkylation sites (tertiary alicyclic amines) is 2. The third-order valence-corrected chi connectivity index (χ3v) is 4.42. The lowest BCUT2D eigenvalue weighted by atomic mass is 10.0. The van der Waals surface area contributed by atoms with Crippen LogP contribution in [0.2, 0.25) is 0 Å². The predicted molar refractivity (Wildman–Crippen MR) is 71.4 cm³/mol. The highest BCUT2D eigenvalue weighted by molar-refractivity contribution is 5.82. The SMILES string of the molecule is O=C(N1C[C@H]2CCN(Cc3ccccc3)[C@@H]2C1)C(F)(F)F. The molecule has 2 saturated heterocycles. The molecule has 6 heteroatoms. The van der Waals surface area contributed by atoms with Gasteiger partial charge in [-0.25, -0.2) is 0 Å². The molecule has 0 N–H and O–H groups in total. The van der Waals surface area contributed by atoms with Gasteiger partial charge in [-0.05, 0) is 24.4 Å². The van der Waals surface area contributed by atoms with Gasteiger partial charge in [-0.15, -0.1) is 0 Å². The lowest BCUT2D eigenvalue weighted by molar-refractivity contribution is -0.184. The van der Waals surface area contributed by atoms with E-state index in [-0.39, 0.29) is 25.0 Å². The average Bonchev–Trinajstić information content (AvgIpc) is 3.00. The summed E-state index contributed by atoms with van der Waals surface area (Å²) in [5, 5.41) is 0. The summed E-state index contributed by atoms with van der Waals surface area (Å²) in [5.74, 6) is -1.53. The molecule has 0 saturated carbocycles. The number of hydrogen-bond acceptors (Lipinski definition) is 2. The third kappa shape index (κ3) is 2.90. The Kier molecular flexibility index (Phi) is 3.65. The Balaban J connectivity index is 1.65. The Hall–Kier alpha value is -1.56. The van der Waals surface area contributed by atoms with Crippen molar-refractivity contribution in [3.8, 4) is 0 Å². The van der Waals surface area contributed by atoms with Gasteiger partial charge in [0.25, 0.3) is 0 Å². The molecule has 2 heterocycles. The molecule has 2 aliphatic heterocycles. The molecule has 2 aliphatic rings. The minimum absolute atomic E-state index is 0.0523. The van der Waals surface area contributed by atoms with Crippen molar-refractivity contribution in [3.05, 3.63) is 35.9 Å². The number of alkyl halides is 3. The molecule has 2 fully saturated rings. The summed E-state index contributed by atoms with van der Waals surface area (Å²) in [5.41, 5.74) is 1.15. The minimum Gasteiger partial charge on any atom is -0.333 e. The van der Waals surface area contributed by atoms with Crippen molar-refractivity contribution in [3.63, 3.8) is 0 Å². The first-order chi connectivity index (χ1) is 9.95. The van der Waals surface area contributed by atoms with Crippen molar-refractivity contribution in [2.45, 2.75) is 25.2 Å². The van der Waals surface area contributed by atoms with E-state index in [4.69, 9.17) is 0 Å². The zero-order valence-corrected chi connectivity index (χ0v) is 11.5. The molecule has 0 aromatic heterocycles. The Bertz CT molecular complexity index is 517. The molecule has 0 spiro atoms. The predicted octanol–water partition coefficient (Wildman–Crippen LogP) is 2.28. The smallest absolute Gasteiger partial charge is 0.333 e. The van der Waals surface area contributed by atoms with Gasteiger partial charge in [0.15, 0.2) is 0 Å². The van der Waals surface area contributed by atoms with Crippen molar-refractivity contribution < 1.29 is 18.0 Å². The maximum absolute atomic E-state index is 12.5. The second-order valence-electron chi connectivity index (χ2n) is 5.78. The highest BCUT2D eigenvalue weighted by Gasteiger charge is 2.49. The topological polar surface area (TPSA) is 23.6 Å². The first kappa shape index (κ1) is 14.4. The van der Waals surface area contributed by atoms with Crippen LogP contribution in [-0.4, -0.2) is 47.6 Å². The average molecular weight is 298 g/mol. The molecule has 114 valence electrons. The fraction of sp³-hybridized carbons (Fsp3) is 0.533. The fourth-order valence-electron chi connectivity index (χ4n) is 3.41. The number of carbonyl (C=O) groups excluding carboxylic acids is 1. The quantitative estimate of drug-likeness (QED) is 0.836. The van der Waals surface area contributed by atoms with Crippen LogP contribution in [0.5, 0.6) is 0 Å². The number of hydrogen-bond donors (Lipinski definition) is 0. The molecule has 3 rings (SSSR count). The summed E-state index contributed by atoms with van der Waals surface area (Å²) in [6.07, 6.45) is -3.90. The summed E-state index contributed by atoms with van der Waals surface area (Å²) in [6, 6.07) is 9.93. The zero-order chi connectivity index (χ0) is 15.0. The first-order valence-electron chi connectivity index (χ1n) is 7.09. The molecule has 1 amide bonds. The molecule has 1 aromatic rings. The Morgan fingerprint density at radius 3 is 2.57 bits per heavy atom. The van der Waals surface area contributed by atoms with E-state index < -0.39 is 12.1 Å². The van der Waals surface area contributed by atoms with E-state index in [0.29, 0.717) is 0 Å². The van der Waals surface area contributed by atoms with E-state index in [1.54, 1.807) is 0 Å². The van der Waals surface area contributed by atoms with Gasteiger partial charge in [0.2, 0.25) is 0 Å². The molecule has 0 unspecified atom stereocenters. The van der Waals surface area contributed by atoms with Crippen LogP contribution in [-0.2, 0) is 11.3 Å². The van der Waals surface area contributed by atoms with Gasteiger partial charge in [0.1, 0.15) is 0 Å². The summed E-state index contributed by atoms with van der Waals surface area (Å²) in [6.45, 7) is 2.04. The maximum atomic E-state index is 12.5. The van der Waals surface area contributed by atoms with Crippen molar-refractivity contribution in [1.29, 1.82) is 0 Å². The van der Waals surface area contributed by atoms with E-state index in [2.05, 4.69) is 4.90 Å². The van der Waals surface area contributed by atoms with Crippen molar-refractivity contribution in [1.82, 2.24) is 9.80 Å².